The fourth-order valence-electron chi connectivity index (χ4n) is 3.95. The number of carbonyl (C=O) groups excluding carboxylic acids is 1. The van der Waals surface area contributed by atoms with E-state index in [2.05, 4.69) is 53.9 Å². The maximum Gasteiger partial charge on any atom is 0.178 e. The topological polar surface area (TPSA) is 52.7 Å². The molecule has 0 atom stereocenters. The molecule has 32 heavy (non-hydrogen) atoms. The summed E-state index contributed by atoms with van der Waals surface area (Å²) in [6.07, 6.45) is 10.4. The molecule has 2 heterocycles. The minimum absolute atomic E-state index is 0.0885. The normalized spacial score (nSPS) is 12.7. The molecule has 0 N–H and O–H groups in total. The first-order valence-electron chi connectivity index (χ1n) is 11.0. The smallest absolute Gasteiger partial charge is 0.178 e. The summed E-state index contributed by atoms with van der Waals surface area (Å²) in [4.78, 5) is 21.7. The van der Waals surface area contributed by atoms with Gasteiger partial charge in [0.05, 0.1) is 22.1 Å². The molecule has 162 valence electrons. The zero-order valence-corrected chi connectivity index (χ0v) is 18.9. The molecule has 0 saturated heterocycles. The van der Waals surface area contributed by atoms with Gasteiger partial charge in [-0.25, -0.2) is 9.97 Å². The molecule has 0 aliphatic carbocycles. The summed E-state index contributed by atoms with van der Waals surface area (Å²) in [6.45, 7) is 8.51. The molecule has 0 unspecified atom stereocenters. The summed E-state index contributed by atoms with van der Waals surface area (Å²) in [5.74, 6) is 1.57. The number of nitrogens with zero attached hydrogens (tertiary/aromatic N) is 4. The van der Waals surface area contributed by atoms with Crippen LogP contribution in [-0.4, -0.2) is 24.9 Å². The van der Waals surface area contributed by atoms with Crippen LogP contribution in [0.25, 0.3) is 34.2 Å². The van der Waals surface area contributed by atoms with Crippen LogP contribution >= 0.6 is 0 Å². The Hall–Kier alpha value is -3.73. The van der Waals surface area contributed by atoms with Gasteiger partial charge in [0.1, 0.15) is 11.6 Å². The zero-order chi connectivity index (χ0) is 22.7. The highest BCUT2D eigenvalue weighted by molar-refractivity contribution is 6.02. The molecular formula is C27H28N4O. The Morgan fingerprint density at radius 3 is 1.75 bits per heavy atom. The molecule has 0 fully saturated rings. The molecule has 0 bridgehead atoms. The number of para-hydroxylation sites is 4. The predicted molar refractivity (Wildman–Crippen MR) is 132 cm³/mol. The first-order chi connectivity index (χ1) is 15.5. The van der Waals surface area contributed by atoms with Crippen LogP contribution in [0.4, 0.5) is 0 Å². The van der Waals surface area contributed by atoms with Crippen LogP contribution in [-0.2, 0) is 4.79 Å². The number of ketones is 1. The average Bonchev–Trinajstić information content (AvgIpc) is 3.33. The van der Waals surface area contributed by atoms with Crippen molar-refractivity contribution in [3.63, 3.8) is 0 Å². The van der Waals surface area contributed by atoms with E-state index in [9.17, 15) is 4.79 Å². The number of benzene rings is 2. The van der Waals surface area contributed by atoms with E-state index in [4.69, 9.17) is 4.98 Å². The molecule has 0 spiro atoms. The fraction of sp³-hybridized carbons (Fsp3) is 0.222. The summed E-state index contributed by atoms with van der Waals surface area (Å²) >= 11 is 0. The molecule has 0 aliphatic rings. The average molecular weight is 425 g/mol. The maximum atomic E-state index is 12.4. The van der Waals surface area contributed by atoms with E-state index in [0.29, 0.717) is 0 Å². The summed E-state index contributed by atoms with van der Waals surface area (Å²) in [5, 5.41) is 0. The molecule has 0 saturated carbocycles. The predicted octanol–water partition coefficient (Wildman–Crippen LogP) is 6.40. The van der Waals surface area contributed by atoms with E-state index < -0.39 is 0 Å². The van der Waals surface area contributed by atoms with Gasteiger partial charge in [-0.15, -0.1) is 0 Å². The highest BCUT2D eigenvalue weighted by Gasteiger charge is 2.11. The first-order valence-corrected chi connectivity index (χ1v) is 11.0. The number of carbonyl (C=O) groups is 1. The molecule has 4 aromatic rings. The largest absolute Gasteiger partial charge is 0.322 e. The minimum atomic E-state index is -0.0885. The Morgan fingerprint density at radius 1 is 0.719 bits per heavy atom. The second-order valence-corrected chi connectivity index (χ2v) is 8.30. The van der Waals surface area contributed by atoms with E-state index in [1.807, 2.05) is 48.6 Å². The van der Waals surface area contributed by atoms with Crippen LogP contribution in [0.1, 0.15) is 51.4 Å². The van der Waals surface area contributed by atoms with Gasteiger partial charge in [-0.1, -0.05) is 36.4 Å². The molecule has 5 nitrogen and oxygen atoms in total. The third-order valence-electron chi connectivity index (χ3n) is 5.29. The van der Waals surface area contributed by atoms with Crippen LogP contribution in [0, 0.1) is 0 Å². The Labute approximate surface area is 188 Å². The van der Waals surface area contributed by atoms with Crippen LogP contribution in [0.5, 0.6) is 0 Å². The van der Waals surface area contributed by atoms with Gasteiger partial charge in [-0.2, -0.15) is 0 Å². The summed E-state index contributed by atoms with van der Waals surface area (Å²) in [7, 11) is 0. The number of fused-ring (bicyclic) bond motifs is 2. The zero-order valence-electron chi connectivity index (χ0n) is 18.9. The van der Waals surface area contributed by atoms with Crippen molar-refractivity contribution in [2.24, 2.45) is 0 Å². The number of aromatic nitrogens is 4. The number of allylic oxidation sites excluding steroid dienone is 4. The number of hydrogen-bond acceptors (Lipinski definition) is 3. The Bertz CT molecular complexity index is 1350. The monoisotopic (exact) mass is 424 g/mol. The molecule has 5 heteroatoms. The van der Waals surface area contributed by atoms with Crippen LogP contribution in [0.15, 0.2) is 72.8 Å². The SMILES string of the molecule is CC(C)n1c(/C=C/C=C/C(=O)/C=C/c2nc3ccccc3n2C(C)C)nc2ccccc21. The quantitative estimate of drug-likeness (QED) is 0.255. The lowest BCUT2D eigenvalue weighted by Gasteiger charge is -2.10. The van der Waals surface area contributed by atoms with Crippen LogP contribution in [0.3, 0.4) is 0 Å². The van der Waals surface area contributed by atoms with E-state index in [-0.39, 0.29) is 17.9 Å². The van der Waals surface area contributed by atoms with Crippen LogP contribution < -0.4 is 0 Å². The summed E-state index contributed by atoms with van der Waals surface area (Å²) < 4.78 is 4.33. The lowest BCUT2D eigenvalue weighted by atomic mass is 10.2. The van der Waals surface area contributed by atoms with E-state index in [0.717, 1.165) is 33.7 Å². The lowest BCUT2D eigenvalue weighted by molar-refractivity contribution is -0.110. The van der Waals surface area contributed by atoms with Crippen molar-refractivity contribution in [2.45, 2.75) is 39.8 Å². The van der Waals surface area contributed by atoms with Crippen molar-refractivity contribution in [2.75, 3.05) is 0 Å². The van der Waals surface area contributed by atoms with Gasteiger partial charge in [0.15, 0.2) is 5.78 Å². The van der Waals surface area contributed by atoms with E-state index >= 15 is 0 Å². The third kappa shape index (κ3) is 4.33. The Balaban J connectivity index is 1.50. The molecular weight excluding hydrogens is 396 g/mol. The highest BCUT2D eigenvalue weighted by Crippen LogP contribution is 2.23. The van der Waals surface area contributed by atoms with E-state index in [1.54, 1.807) is 24.3 Å². The Kier molecular flexibility index (Phi) is 6.17. The van der Waals surface area contributed by atoms with Crippen molar-refractivity contribution in [1.29, 1.82) is 0 Å². The highest BCUT2D eigenvalue weighted by atomic mass is 16.1. The fourth-order valence-corrected chi connectivity index (χ4v) is 3.95. The van der Waals surface area contributed by atoms with Crippen LogP contribution in [0.2, 0.25) is 0 Å². The minimum Gasteiger partial charge on any atom is -0.322 e. The van der Waals surface area contributed by atoms with Gasteiger partial charge in [0.2, 0.25) is 0 Å². The molecule has 0 radical (unpaired) electrons. The number of imidazole rings is 2. The van der Waals surface area contributed by atoms with Gasteiger partial charge in [-0.3, -0.25) is 4.79 Å². The molecule has 0 aliphatic heterocycles. The van der Waals surface area contributed by atoms with Crippen molar-refractivity contribution < 1.29 is 4.79 Å². The van der Waals surface area contributed by atoms with E-state index in [1.165, 1.54) is 0 Å². The standard InChI is InChI=1S/C27H28N4O/c1-19(2)30-24-14-8-6-12-22(24)28-26(30)16-10-5-11-21(32)17-18-27-29-23-13-7-9-15-25(23)31(27)20(3)4/h5-20H,1-4H3/b11-5+,16-10+,18-17+. The molecule has 2 aromatic carbocycles. The number of rotatable bonds is 7. The lowest BCUT2D eigenvalue weighted by Crippen LogP contribution is -2.03. The summed E-state index contributed by atoms with van der Waals surface area (Å²) in [6, 6.07) is 16.7. The van der Waals surface area contributed by atoms with Crippen molar-refractivity contribution in [3.05, 3.63) is 84.5 Å². The van der Waals surface area contributed by atoms with Crippen molar-refractivity contribution in [3.8, 4) is 0 Å². The van der Waals surface area contributed by atoms with Crippen molar-refractivity contribution >= 4 is 40.0 Å². The van der Waals surface area contributed by atoms with Gasteiger partial charge >= 0.3 is 0 Å². The van der Waals surface area contributed by atoms with Crippen molar-refractivity contribution in [1.82, 2.24) is 19.1 Å². The maximum absolute atomic E-state index is 12.4. The molecule has 0 amide bonds. The second-order valence-electron chi connectivity index (χ2n) is 8.30. The molecule has 4 rings (SSSR count). The van der Waals surface area contributed by atoms with Gasteiger partial charge in [0.25, 0.3) is 0 Å². The Morgan fingerprint density at radius 2 is 1.22 bits per heavy atom. The second kappa shape index (κ2) is 9.18. The first kappa shape index (κ1) is 21.5. The van der Waals surface area contributed by atoms with Gasteiger partial charge < -0.3 is 9.13 Å². The molecule has 2 aromatic heterocycles. The van der Waals surface area contributed by atoms with Gasteiger partial charge in [-0.05, 0) is 76.3 Å². The number of hydrogen-bond donors (Lipinski definition) is 0. The summed E-state index contributed by atoms with van der Waals surface area (Å²) in [5.41, 5.74) is 4.08. The third-order valence-corrected chi connectivity index (χ3v) is 5.29. The van der Waals surface area contributed by atoms with Gasteiger partial charge in [0, 0.05) is 12.1 Å².